The smallest absolute Gasteiger partial charge is 0.237 e. The Labute approximate surface area is 118 Å². The van der Waals surface area contributed by atoms with Crippen LogP contribution in [0.5, 0.6) is 5.75 Å². The summed E-state index contributed by atoms with van der Waals surface area (Å²) in [4.78, 5) is 13.5. The lowest BCUT2D eigenvalue weighted by Crippen LogP contribution is -2.39. The molecular weight excluding hydrogens is 280 g/mol. The molecule has 0 saturated carbocycles. The van der Waals surface area contributed by atoms with Gasteiger partial charge in [0.15, 0.2) is 0 Å². The van der Waals surface area contributed by atoms with Crippen molar-refractivity contribution in [1.29, 1.82) is 0 Å². The van der Waals surface area contributed by atoms with Gasteiger partial charge in [0.25, 0.3) is 0 Å². The first-order valence-electron chi connectivity index (χ1n) is 6.38. The van der Waals surface area contributed by atoms with Crippen molar-refractivity contribution in [2.45, 2.75) is 12.5 Å². The van der Waals surface area contributed by atoms with E-state index in [1.54, 1.807) is 4.90 Å². The van der Waals surface area contributed by atoms with E-state index in [1.807, 2.05) is 30.3 Å². The van der Waals surface area contributed by atoms with Gasteiger partial charge in [0.2, 0.25) is 15.9 Å². The zero-order valence-corrected chi connectivity index (χ0v) is 12.1. The van der Waals surface area contributed by atoms with E-state index in [-0.39, 0.29) is 18.6 Å². The van der Waals surface area contributed by atoms with Gasteiger partial charge in [-0.1, -0.05) is 18.2 Å². The number of benzene rings is 1. The van der Waals surface area contributed by atoms with Crippen LogP contribution in [-0.2, 0) is 14.8 Å². The lowest BCUT2D eigenvalue weighted by molar-refractivity contribution is -0.129. The zero-order chi connectivity index (χ0) is 14.6. The van der Waals surface area contributed by atoms with Crippen molar-refractivity contribution in [3.63, 3.8) is 0 Å². The van der Waals surface area contributed by atoms with E-state index in [0.717, 1.165) is 18.4 Å². The number of hydrogen-bond donors (Lipinski definition) is 1. The molecule has 1 aliphatic heterocycles. The summed E-state index contributed by atoms with van der Waals surface area (Å²) in [6, 6.07) is 9.44. The minimum Gasteiger partial charge on any atom is -0.489 e. The van der Waals surface area contributed by atoms with Gasteiger partial charge in [0, 0.05) is 13.0 Å². The van der Waals surface area contributed by atoms with Gasteiger partial charge in [-0.15, -0.1) is 0 Å². The summed E-state index contributed by atoms with van der Waals surface area (Å²) < 4.78 is 29.9. The minimum absolute atomic E-state index is 0.0421. The highest BCUT2D eigenvalue weighted by atomic mass is 32.2. The van der Waals surface area contributed by atoms with E-state index in [0.29, 0.717) is 13.1 Å². The van der Waals surface area contributed by atoms with Gasteiger partial charge in [0.1, 0.15) is 11.9 Å². The molecule has 6 nitrogen and oxygen atoms in total. The number of para-hydroxylation sites is 1. The lowest BCUT2D eigenvalue weighted by Gasteiger charge is -2.17. The second-order valence-electron chi connectivity index (χ2n) is 4.77. The second kappa shape index (κ2) is 6.23. The van der Waals surface area contributed by atoms with Gasteiger partial charge in [-0.3, -0.25) is 4.79 Å². The molecule has 1 aliphatic rings. The Balaban J connectivity index is 1.81. The Kier molecular flexibility index (Phi) is 4.61. The van der Waals surface area contributed by atoms with E-state index in [2.05, 4.69) is 4.72 Å². The van der Waals surface area contributed by atoms with Crippen LogP contribution in [-0.4, -0.2) is 51.2 Å². The van der Waals surface area contributed by atoms with Crippen molar-refractivity contribution in [2.24, 2.45) is 0 Å². The number of carbonyl (C=O) groups is 1. The fourth-order valence-electron chi connectivity index (χ4n) is 2.05. The average Bonchev–Trinajstić information content (AvgIpc) is 2.85. The highest BCUT2D eigenvalue weighted by Gasteiger charge is 2.27. The van der Waals surface area contributed by atoms with Crippen LogP contribution in [0.3, 0.4) is 0 Å². The predicted molar refractivity (Wildman–Crippen MR) is 74.9 cm³/mol. The zero-order valence-electron chi connectivity index (χ0n) is 11.3. The molecule has 1 aromatic carbocycles. The molecule has 0 radical (unpaired) electrons. The Hall–Kier alpha value is -1.60. The first-order chi connectivity index (χ1) is 9.44. The number of rotatable bonds is 5. The first-order valence-corrected chi connectivity index (χ1v) is 8.27. The molecule has 0 spiro atoms. The molecule has 1 heterocycles. The topological polar surface area (TPSA) is 75.7 Å². The maximum atomic E-state index is 11.8. The van der Waals surface area contributed by atoms with Crippen LogP contribution in [0.2, 0.25) is 0 Å². The highest BCUT2D eigenvalue weighted by molar-refractivity contribution is 7.88. The molecule has 0 aromatic heterocycles. The van der Waals surface area contributed by atoms with E-state index in [4.69, 9.17) is 4.74 Å². The Bertz CT molecular complexity index is 559. The molecule has 1 aromatic rings. The summed E-state index contributed by atoms with van der Waals surface area (Å²) in [6.07, 6.45) is 1.74. The lowest BCUT2D eigenvalue weighted by atomic mass is 10.3. The summed E-state index contributed by atoms with van der Waals surface area (Å²) in [7, 11) is -3.34. The largest absolute Gasteiger partial charge is 0.489 e. The van der Waals surface area contributed by atoms with E-state index in [1.165, 1.54) is 0 Å². The third kappa shape index (κ3) is 4.50. The maximum Gasteiger partial charge on any atom is 0.237 e. The second-order valence-corrected chi connectivity index (χ2v) is 6.61. The maximum absolute atomic E-state index is 11.8. The van der Waals surface area contributed by atoms with Crippen LogP contribution in [0.25, 0.3) is 0 Å². The summed E-state index contributed by atoms with van der Waals surface area (Å²) >= 11 is 0. The Morgan fingerprint density at radius 1 is 1.40 bits per heavy atom. The van der Waals surface area contributed by atoms with Crippen molar-refractivity contribution >= 4 is 15.9 Å². The third-order valence-corrected chi connectivity index (χ3v) is 3.70. The molecule has 1 N–H and O–H groups in total. The van der Waals surface area contributed by atoms with E-state index in [9.17, 15) is 13.2 Å². The van der Waals surface area contributed by atoms with Crippen molar-refractivity contribution in [1.82, 2.24) is 9.62 Å². The SMILES string of the molecule is CS(=O)(=O)NCC(=O)N1CC[C@@H](Oc2ccccc2)C1. The predicted octanol–water partition coefficient (Wildman–Crippen LogP) is 0.215. The third-order valence-electron chi connectivity index (χ3n) is 3.03. The summed E-state index contributed by atoms with van der Waals surface area (Å²) in [6.45, 7) is 0.873. The van der Waals surface area contributed by atoms with Gasteiger partial charge in [0.05, 0.1) is 19.3 Å². The number of amides is 1. The van der Waals surface area contributed by atoms with Gasteiger partial charge in [-0.2, -0.15) is 0 Å². The number of nitrogens with zero attached hydrogens (tertiary/aromatic N) is 1. The van der Waals surface area contributed by atoms with Crippen molar-refractivity contribution < 1.29 is 17.9 Å². The fraction of sp³-hybridized carbons (Fsp3) is 0.462. The molecule has 0 aliphatic carbocycles. The van der Waals surface area contributed by atoms with Crippen LogP contribution in [0, 0.1) is 0 Å². The summed E-state index contributed by atoms with van der Waals surface area (Å²) in [5.74, 6) is 0.552. The van der Waals surface area contributed by atoms with Crippen LogP contribution >= 0.6 is 0 Å². The molecule has 1 saturated heterocycles. The Morgan fingerprint density at radius 2 is 2.10 bits per heavy atom. The average molecular weight is 298 g/mol. The standard InChI is InChI=1S/C13H18N2O4S/c1-20(17,18)14-9-13(16)15-8-7-12(10-15)19-11-5-3-2-4-6-11/h2-6,12,14H,7-10H2,1H3/t12-/m1/s1. The van der Waals surface area contributed by atoms with Crippen molar-refractivity contribution in [2.75, 3.05) is 25.9 Å². The van der Waals surface area contributed by atoms with Crippen LogP contribution in [0.4, 0.5) is 0 Å². The fourth-order valence-corrected chi connectivity index (χ4v) is 2.43. The molecule has 1 fully saturated rings. The van der Waals surface area contributed by atoms with E-state index >= 15 is 0 Å². The Morgan fingerprint density at radius 3 is 2.75 bits per heavy atom. The van der Waals surface area contributed by atoms with Gasteiger partial charge in [-0.05, 0) is 12.1 Å². The summed E-state index contributed by atoms with van der Waals surface area (Å²) in [5, 5.41) is 0. The molecule has 20 heavy (non-hydrogen) atoms. The number of hydrogen-bond acceptors (Lipinski definition) is 4. The number of carbonyl (C=O) groups excluding carboxylic acids is 1. The highest BCUT2D eigenvalue weighted by Crippen LogP contribution is 2.17. The van der Waals surface area contributed by atoms with Gasteiger partial charge in [-0.25, -0.2) is 13.1 Å². The first kappa shape index (κ1) is 14.8. The number of ether oxygens (including phenoxy) is 1. The summed E-state index contributed by atoms with van der Waals surface area (Å²) in [5.41, 5.74) is 0. The monoisotopic (exact) mass is 298 g/mol. The van der Waals surface area contributed by atoms with Crippen LogP contribution in [0.1, 0.15) is 6.42 Å². The normalized spacial score (nSPS) is 19.1. The molecule has 1 amide bonds. The molecule has 7 heteroatoms. The minimum atomic E-state index is -3.34. The molecule has 2 rings (SSSR count). The molecular formula is C13H18N2O4S. The van der Waals surface area contributed by atoms with Gasteiger partial charge >= 0.3 is 0 Å². The number of likely N-dealkylation sites (tertiary alicyclic amines) is 1. The van der Waals surface area contributed by atoms with Crippen LogP contribution in [0.15, 0.2) is 30.3 Å². The van der Waals surface area contributed by atoms with Gasteiger partial charge < -0.3 is 9.64 Å². The van der Waals surface area contributed by atoms with E-state index < -0.39 is 10.0 Å². The molecule has 0 bridgehead atoms. The number of nitrogens with one attached hydrogen (secondary N) is 1. The van der Waals surface area contributed by atoms with Crippen LogP contribution < -0.4 is 9.46 Å². The number of sulfonamides is 1. The van der Waals surface area contributed by atoms with Crippen molar-refractivity contribution in [3.8, 4) is 5.75 Å². The quantitative estimate of drug-likeness (QED) is 0.843. The molecule has 1 atom stereocenters. The molecule has 0 unspecified atom stereocenters. The van der Waals surface area contributed by atoms with Crippen molar-refractivity contribution in [3.05, 3.63) is 30.3 Å². The molecule has 110 valence electrons.